The van der Waals surface area contributed by atoms with Crippen LogP contribution in [0.1, 0.15) is 25.3 Å². The van der Waals surface area contributed by atoms with Gasteiger partial charge in [-0.05, 0) is 43.4 Å². The molecule has 18 heavy (non-hydrogen) atoms. The van der Waals surface area contributed by atoms with Gasteiger partial charge in [0.05, 0.1) is 0 Å². The van der Waals surface area contributed by atoms with Crippen molar-refractivity contribution in [3.05, 3.63) is 29.8 Å². The van der Waals surface area contributed by atoms with Gasteiger partial charge in [-0.25, -0.2) is 4.79 Å². The van der Waals surface area contributed by atoms with Gasteiger partial charge in [0.2, 0.25) is 0 Å². The number of hydrogen-bond acceptors (Lipinski definition) is 2. The van der Waals surface area contributed by atoms with Crippen LogP contribution < -0.4 is 11.1 Å². The molecule has 4 heteroatoms. The van der Waals surface area contributed by atoms with Crippen LogP contribution in [0.3, 0.4) is 0 Å². The molecule has 1 aliphatic carbocycles. The molecule has 0 saturated heterocycles. The third-order valence-electron chi connectivity index (χ3n) is 3.29. The van der Waals surface area contributed by atoms with E-state index in [1.807, 2.05) is 36.1 Å². The van der Waals surface area contributed by atoms with E-state index in [0.717, 1.165) is 30.3 Å². The van der Waals surface area contributed by atoms with Crippen LogP contribution in [-0.2, 0) is 6.54 Å². The van der Waals surface area contributed by atoms with Crippen LogP contribution in [0.15, 0.2) is 24.3 Å². The van der Waals surface area contributed by atoms with Gasteiger partial charge in [0.25, 0.3) is 0 Å². The van der Waals surface area contributed by atoms with Crippen molar-refractivity contribution in [2.75, 3.05) is 18.4 Å². The molecule has 0 aromatic heterocycles. The lowest BCUT2D eigenvalue weighted by atomic mass is 10.2. The predicted octanol–water partition coefficient (Wildman–Crippen LogP) is 2.41. The van der Waals surface area contributed by atoms with Crippen LogP contribution in [0.2, 0.25) is 0 Å². The highest BCUT2D eigenvalue weighted by Crippen LogP contribution is 2.29. The topological polar surface area (TPSA) is 58.4 Å². The molecular formula is C14H21N3O. The quantitative estimate of drug-likeness (QED) is 0.839. The Morgan fingerprint density at radius 2 is 2.06 bits per heavy atom. The Hall–Kier alpha value is -1.55. The summed E-state index contributed by atoms with van der Waals surface area (Å²) in [6, 6.07) is 7.65. The number of hydrogen-bond donors (Lipinski definition) is 2. The third kappa shape index (κ3) is 3.47. The lowest BCUT2D eigenvalue weighted by molar-refractivity contribution is 0.212. The number of amides is 2. The van der Waals surface area contributed by atoms with Crippen LogP contribution in [0.25, 0.3) is 0 Å². The fourth-order valence-corrected chi connectivity index (χ4v) is 1.89. The van der Waals surface area contributed by atoms with Gasteiger partial charge in [0.15, 0.2) is 0 Å². The number of benzene rings is 1. The molecule has 0 bridgehead atoms. The average Bonchev–Trinajstić information content (AvgIpc) is 3.20. The molecule has 0 heterocycles. The summed E-state index contributed by atoms with van der Waals surface area (Å²) in [7, 11) is 0. The molecule has 0 unspecified atom stereocenters. The molecule has 4 nitrogen and oxygen atoms in total. The van der Waals surface area contributed by atoms with Crippen molar-refractivity contribution in [1.29, 1.82) is 0 Å². The molecule has 2 amide bonds. The smallest absolute Gasteiger partial charge is 0.321 e. The molecule has 0 aliphatic heterocycles. The molecule has 2 rings (SSSR count). The van der Waals surface area contributed by atoms with E-state index in [0.29, 0.717) is 6.54 Å². The minimum Gasteiger partial charge on any atom is -0.326 e. The summed E-state index contributed by atoms with van der Waals surface area (Å²) < 4.78 is 0. The first-order valence-corrected chi connectivity index (χ1v) is 6.58. The minimum absolute atomic E-state index is 0.00935. The van der Waals surface area contributed by atoms with Gasteiger partial charge in [0.1, 0.15) is 0 Å². The SMILES string of the molecule is CCN(CC1CC1)C(=O)Nc1ccc(CN)cc1. The van der Waals surface area contributed by atoms with Crippen LogP contribution in [0.4, 0.5) is 10.5 Å². The molecule has 98 valence electrons. The van der Waals surface area contributed by atoms with Crippen molar-refractivity contribution in [3.63, 3.8) is 0 Å². The number of nitrogens with two attached hydrogens (primary N) is 1. The van der Waals surface area contributed by atoms with Crippen molar-refractivity contribution in [3.8, 4) is 0 Å². The van der Waals surface area contributed by atoms with Crippen LogP contribution >= 0.6 is 0 Å². The molecular weight excluding hydrogens is 226 g/mol. The van der Waals surface area contributed by atoms with Crippen molar-refractivity contribution in [2.45, 2.75) is 26.3 Å². The average molecular weight is 247 g/mol. The van der Waals surface area contributed by atoms with E-state index in [1.165, 1.54) is 12.8 Å². The van der Waals surface area contributed by atoms with Gasteiger partial charge in [-0.1, -0.05) is 12.1 Å². The van der Waals surface area contributed by atoms with Gasteiger partial charge in [-0.3, -0.25) is 0 Å². The second-order valence-corrected chi connectivity index (χ2v) is 4.81. The van der Waals surface area contributed by atoms with Crippen molar-refractivity contribution in [1.82, 2.24) is 4.90 Å². The highest BCUT2D eigenvalue weighted by molar-refractivity contribution is 5.89. The van der Waals surface area contributed by atoms with E-state index in [4.69, 9.17) is 5.73 Å². The molecule has 1 aromatic rings. The van der Waals surface area contributed by atoms with Crippen molar-refractivity contribution < 1.29 is 4.79 Å². The van der Waals surface area contributed by atoms with E-state index in [9.17, 15) is 4.79 Å². The maximum atomic E-state index is 12.1. The van der Waals surface area contributed by atoms with E-state index in [1.54, 1.807) is 0 Å². The first-order valence-electron chi connectivity index (χ1n) is 6.58. The number of nitrogens with one attached hydrogen (secondary N) is 1. The number of urea groups is 1. The standard InChI is InChI=1S/C14H21N3O/c1-2-17(10-12-3-4-12)14(18)16-13-7-5-11(9-15)6-8-13/h5-8,12H,2-4,9-10,15H2,1H3,(H,16,18). The third-order valence-corrected chi connectivity index (χ3v) is 3.29. The molecule has 0 spiro atoms. The Morgan fingerprint density at radius 3 is 2.56 bits per heavy atom. The summed E-state index contributed by atoms with van der Waals surface area (Å²) in [5.41, 5.74) is 7.43. The zero-order chi connectivity index (χ0) is 13.0. The largest absolute Gasteiger partial charge is 0.326 e. The molecule has 0 atom stereocenters. The zero-order valence-electron chi connectivity index (χ0n) is 10.9. The van der Waals surface area contributed by atoms with Crippen LogP contribution in [0.5, 0.6) is 0 Å². The highest BCUT2D eigenvalue weighted by atomic mass is 16.2. The van der Waals surface area contributed by atoms with E-state index in [2.05, 4.69) is 5.32 Å². The Morgan fingerprint density at radius 1 is 1.39 bits per heavy atom. The molecule has 3 N–H and O–H groups in total. The lowest BCUT2D eigenvalue weighted by Gasteiger charge is -2.21. The summed E-state index contributed by atoms with van der Waals surface area (Å²) in [6.07, 6.45) is 2.52. The summed E-state index contributed by atoms with van der Waals surface area (Å²) in [4.78, 5) is 13.9. The van der Waals surface area contributed by atoms with E-state index >= 15 is 0 Å². The molecule has 1 saturated carbocycles. The number of rotatable bonds is 5. The van der Waals surface area contributed by atoms with E-state index < -0.39 is 0 Å². The van der Waals surface area contributed by atoms with Crippen LogP contribution in [-0.4, -0.2) is 24.0 Å². The first-order chi connectivity index (χ1) is 8.72. The Labute approximate surface area is 108 Å². The zero-order valence-corrected chi connectivity index (χ0v) is 10.9. The number of carbonyl (C=O) groups excluding carboxylic acids is 1. The summed E-state index contributed by atoms with van der Waals surface area (Å²) in [6.45, 7) is 4.17. The van der Waals surface area contributed by atoms with Gasteiger partial charge in [-0.15, -0.1) is 0 Å². The highest BCUT2D eigenvalue weighted by Gasteiger charge is 2.25. The molecule has 0 radical (unpaired) electrons. The maximum absolute atomic E-state index is 12.1. The van der Waals surface area contributed by atoms with E-state index in [-0.39, 0.29) is 6.03 Å². The van der Waals surface area contributed by atoms with Gasteiger partial charge in [0, 0.05) is 25.3 Å². The second-order valence-electron chi connectivity index (χ2n) is 4.81. The number of anilines is 1. The maximum Gasteiger partial charge on any atom is 0.321 e. The summed E-state index contributed by atoms with van der Waals surface area (Å²) in [5, 5.41) is 2.92. The fraction of sp³-hybridized carbons (Fsp3) is 0.500. The van der Waals surface area contributed by atoms with Gasteiger partial charge >= 0.3 is 6.03 Å². The lowest BCUT2D eigenvalue weighted by Crippen LogP contribution is -2.36. The molecule has 1 aliphatic rings. The Balaban J connectivity index is 1.91. The van der Waals surface area contributed by atoms with Crippen molar-refractivity contribution in [2.24, 2.45) is 11.7 Å². The molecule has 1 aromatic carbocycles. The Kier molecular flexibility index (Phi) is 4.20. The number of carbonyl (C=O) groups is 1. The molecule has 1 fully saturated rings. The first kappa shape index (κ1) is 12.9. The summed E-state index contributed by atoms with van der Waals surface area (Å²) in [5.74, 6) is 0.718. The minimum atomic E-state index is -0.00935. The normalized spacial score (nSPS) is 14.3. The van der Waals surface area contributed by atoms with Gasteiger partial charge < -0.3 is 16.0 Å². The van der Waals surface area contributed by atoms with Crippen molar-refractivity contribution >= 4 is 11.7 Å². The Bertz CT molecular complexity index is 398. The van der Waals surface area contributed by atoms with Crippen LogP contribution in [0, 0.1) is 5.92 Å². The number of nitrogens with zero attached hydrogens (tertiary/aromatic N) is 1. The predicted molar refractivity (Wildman–Crippen MR) is 73.3 cm³/mol. The monoisotopic (exact) mass is 247 g/mol. The second kappa shape index (κ2) is 5.87. The van der Waals surface area contributed by atoms with Gasteiger partial charge in [-0.2, -0.15) is 0 Å². The fourth-order valence-electron chi connectivity index (χ4n) is 1.89. The summed E-state index contributed by atoms with van der Waals surface area (Å²) >= 11 is 0.